The van der Waals surface area contributed by atoms with E-state index in [9.17, 15) is 0 Å². The van der Waals surface area contributed by atoms with Crippen molar-refractivity contribution in [3.8, 4) is 0 Å². The Bertz CT molecular complexity index is 693. The molecule has 0 amide bonds. The number of hydrogen-bond acceptors (Lipinski definition) is 5. The highest BCUT2D eigenvalue weighted by Crippen LogP contribution is 2.51. The number of guanidine groups is 1. The number of nitrogens with zero attached hydrogens (tertiary/aromatic N) is 4. The number of rotatable bonds is 4. The van der Waals surface area contributed by atoms with Crippen LogP contribution in [0.2, 0.25) is 0 Å². The highest BCUT2D eigenvalue weighted by Gasteiger charge is 2.58. The fraction of sp³-hybridized carbons (Fsp3) is 0.810. The van der Waals surface area contributed by atoms with Gasteiger partial charge in [-0.1, -0.05) is 19.0 Å². The SMILES string of the molecule is CCN=C(NC1C2CCCOC2C1(C)C)N1CCN(Cc2cc(C)on2)CC1. The van der Waals surface area contributed by atoms with Crippen molar-refractivity contribution in [3.63, 3.8) is 0 Å². The minimum Gasteiger partial charge on any atom is -0.377 e. The fourth-order valence-electron chi connectivity index (χ4n) is 5.18. The summed E-state index contributed by atoms with van der Waals surface area (Å²) >= 11 is 0. The standard InChI is InChI=1S/C21H35N5O2/c1-5-22-20(23-18-17-7-6-12-27-19(17)21(18,3)4)26-10-8-25(9-11-26)14-16-13-15(2)28-24-16/h13,17-19H,5-12,14H2,1-4H3,(H,22,23). The molecule has 7 nitrogen and oxygen atoms in total. The topological polar surface area (TPSA) is 66.1 Å². The Labute approximate surface area is 168 Å². The molecule has 1 aliphatic carbocycles. The number of piperazine rings is 1. The average Bonchev–Trinajstić information content (AvgIpc) is 3.10. The maximum Gasteiger partial charge on any atom is 0.194 e. The van der Waals surface area contributed by atoms with Crippen LogP contribution in [-0.4, -0.2) is 72.4 Å². The first-order valence-corrected chi connectivity index (χ1v) is 10.8. The Kier molecular flexibility index (Phi) is 5.65. The van der Waals surface area contributed by atoms with Crippen molar-refractivity contribution < 1.29 is 9.26 Å². The minimum absolute atomic E-state index is 0.159. The number of fused-ring (bicyclic) bond motifs is 1. The smallest absolute Gasteiger partial charge is 0.194 e. The summed E-state index contributed by atoms with van der Waals surface area (Å²) in [5, 5.41) is 7.96. The molecule has 2 aliphatic heterocycles. The summed E-state index contributed by atoms with van der Waals surface area (Å²) in [6.45, 7) is 15.3. The van der Waals surface area contributed by atoms with Gasteiger partial charge in [0.2, 0.25) is 0 Å². The van der Waals surface area contributed by atoms with Gasteiger partial charge in [0.15, 0.2) is 5.96 Å². The van der Waals surface area contributed by atoms with E-state index in [1.165, 1.54) is 12.8 Å². The molecule has 3 fully saturated rings. The van der Waals surface area contributed by atoms with E-state index >= 15 is 0 Å². The van der Waals surface area contributed by atoms with Crippen LogP contribution in [0.4, 0.5) is 0 Å². The molecule has 3 unspecified atom stereocenters. The lowest BCUT2D eigenvalue weighted by Gasteiger charge is -2.60. The van der Waals surface area contributed by atoms with E-state index in [2.05, 4.69) is 41.0 Å². The molecule has 3 heterocycles. The van der Waals surface area contributed by atoms with Gasteiger partial charge in [-0.15, -0.1) is 0 Å². The molecule has 2 saturated heterocycles. The van der Waals surface area contributed by atoms with E-state index in [4.69, 9.17) is 14.3 Å². The van der Waals surface area contributed by atoms with E-state index in [0.29, 0.717) is 18.1 Å². The summed E-state index contributed by atoms with van der Waals surface area (Å²) in [7, 11) is 0. The summed E-state index contributed by atoms with van der Waals surface area (Å²) in [6, 6.07) is 2.47. The molecule has 156 valence electrons. The van der Waals surface area contributed by atoms with E-state index in [1.807, 2.05) is 13.0 Å². The van der Waals surface area contributed by atoms with Crippen LogP contribution < -0.4 is 5.32 Å². The Hall–Kier alpha value is -1.60. The molecule has 1 saturated carbocycles. The molecule has 1 N–H and O–H groups in total. The second-order valence-corrected chi connectivity index (χ2v) is 9.03. The molecule has 1 aromatic rings. The van der Waals surface area contributed by atoms with Crippen LogP contribution in [0, 0.1) is 18.3 Å². The van der Waals surface area contributed by atoms with Crippen molar-refractivity contribution in [2.75, 3.05) is 39.3 Å². The van der Waals surface area contributed by atoms with Crippen LogP contribution >= 0.6 is 0 Å². The van der Waals surface area contributed by atoms with Crippen LogP contribution in [-0.2, 0) is 11.3 Å². The van der Waals surface area contributed by atoms with Gasteiger partial charge in [0.05, 0.1) is 11.8 Å². The first-order chi connectivity index (χ1) is 13.5. The maximum absolute atomic E-state index is 6.07. The zero-order valence-corrected chi connectivity index (χ0v) is 17.8. The second kappa shape index (κ2) is 8.03. The molecule has 28 heavy (non-hydrogen) atoms. The summed E-state index contributed by atoms with van der Waals surface area (Å²) in [5.74, 6) is 2.56. The van der Waals surface area contributed by atoms with Gasteiger partial charge in [-0.25, -0.2) is 0 Å². The van der Waals surface area contributed by atoms with Crippen molar-refractivity contribution in [2.45, 2.75) is 59.2 Å². The van der Waals surface area contributed by atoms with Crippen molar-refractivity contribution in [2.24, 2.45) is 16.3 Å². The van der Waals surface area contributed by atoms with Crippen LogP contribution in [0.3, 0.4) is 0 Å². The maximum atomic E-state index is 6.07. The molecule has 3 atom stereocenters. The van der Waals surface area contributed by atoms with Gasteiger partial charge in [-0.2, -0.15) is 0 Å². The largest absolute Gasteiger partial charge is 0.377 e. The molecule has 7 heteroatoms. The zero-order chi connectivity index (χ0) is 19.7. The number of hydrogen-bond donors (Lipinski definition) is 1. The summed E-state index contributed by atoms with van der Waals surface area (Å²) in [4.78, 5) is 9.69. The monoisotopic (exact) mass is 389 g/mol. The number of aromatic nitrogens is 1. The molecule has 0 aromatic carbocycles. The van der Waals surface area contributed by atoms with Crippen molar-refractivity contribution in [1.29, 1.82) is 0 Å². The van der Waals surface area contributed by atoms with E-state index < -0.39 is 0 Å². The molecular weight excluding hydrogens is 354 g/mol. The Morgan fingerprint density at radius 1 is 1.32 bits per heavy atom. The lowest BCUT2D eigenvalue weighted by molar-refractivity contribution is -0.188. The predicted molar refractivity (Wildman–Crippen MR) is 109 cm³/mol. The average molecular weight is 390 g/mol. The van der Waals surface area contributed by atoms with Crippen LogP contribution in [0.1, 0.15) is 45.1 Å². The third kappa shape index (κ3) is 3.79. The second-order valence-electron chi connectivity index (χ2n) is 9.03. The van der Waals surface area contributed by atoms with E-state index in [1.54, 1.807) is 0 Å². The summed E-state index contributed by atoms with van der Waals surface area (Å²) in [5.41, 5.74) is 1.18. The van der Waals surface area contributed by atoms with Gasteiger partial charge in [-0.3, -0.25) is 9.89 Å². The Morgan fingerprint density at radius 3 is 2.79 bits per heavy atom. The molecule has 0 spiro atoms. The highest BCUT2D eigenvalue weighted by molar-refractivity contribution is 5.80. The quantitative estimate of drug-likeness (QED) is 0.629. The lowest BCUT2D eigenvalue weighted by atomic mass is 9.55. The molecule has 0 bridgehead atoms. The Morgan fingerprint density at radius 2 is 2.11 bits per heavy atom. The molecule has 1 aromatic heterocycles. The van der Waals surface area contributed by atoms with Gasteiger partial charge in [-0.05, 0) is 26.7 Å². The van der Waals surface area contributed by atoms with Crippen LogP contribution in [0.5, 0.6) is 0 Å². The molecule has 4 rings (SSSR count). The zero-order valence-electron chi connectivity index (χ0n) is 17.8. The fourth-order valence-corrected chi connectivity index (χ4v) is 5.18. The first kappa shape index (κ1) is 19.7. The van der Waals surface area contributed by atoms with Crippen LogP contribution in [0.25, 0.3) is 0 Å². The van der Waals surface area contributed by atoms with E-state index in [-0.39, 0.29) is 5.41 Å². The normalized spacial score (nSPS) is 30.6. The van der Waals surface area contributed by atoms with Crippen molar-refractivity contribution in [3.05, 3.63) is 17.5 Å². The van der Waals surface area contributed by atoms with Gasteiger partial charge in [0.1, 0.15) is 5.76 Å². The highest BCUT2D eigenvalue weighted by atomic mass is 16.5. The lowest BCUT2D eigenvalue weighted by Crippen LogP contribution is -2.71. The number of ether oxygens (including phenoxy) is 1. The molecule has 0 radical (unpaired) electrons. The van der Waals surface area contributed by atoms with Crippen molar-refractivity contribution in [1.82, 2.24) is 20.3 Å². The van der Waals surface area contributed by atoms with Gasteiger partial charge >= 0.3 is 0 Å². The predicted octanol–water partition coefficient (Wildman–Crippen LogP) is 2.27. The van der Waals surface area contributed by atoms with Gasteiger partial charge in [0, 0.05) is 69.3 Å². The summed E-state index contributed by atoms with van der Waals surface area (Å²) in [6.07, 6.45) is 2.83. The first-order valence-electron chi connectivity index (χ1n) is 10.8. The number of aliphatic imine (C=N–C) groups is 1. The van der Waals surface area contributed by atoms with E-state index in [0.717, 1.165) is 63.3 Å². The van der Waals surface area contributed by atoms with Gasteiger partial charge in [0.25, 0.3) is 0 Å². The Balaban J connectivity index is 1.35. The minimum atomic E-state index is 0.159. The van der Waals surface area contributed by atoms with Crippen LogP contribution in [0.15, 0.2) is 15.6 Å². The number of aryl methyl sites for hydroxylation is 1. The summed E-state index contributed by atoms with van der Waals surface area (Å²) < 4.78 is 11.3. The van der Waals surface area contributed by atoms with Gasteiger partial charge < -0.3 is 19.5 Å². The third-order valence-corrected chi connectivity index (χ3v) is 6.66. The molecule has 3 aliphatic rings. The van der Waals surface area contributed by atoms with Crippen molar-refractivity contribution >= 4 is 5.96 Å². The third-order valence-electron chi connectivity index (χ3n) is 6.66. The molecular formula is C21H35N5O2. The number of nitrogens with one attached hydrogen (secondary N) is 1.